The molecule has 114 valence electrons. The van der Waals surface area contributed by atoms with Gasteiger partial charge in [-0.25, -0.2) is 21.6 Å². The van der Waals surface area contributed by atoms with Crippen molar-refractivity contribution in [2.24, 2.45) is 0 Å². The van der Waals surface area contributed by atoms with Crippen LogP contribution in [0.2, 0.25) is 0 Å². The Balaban J connectivity index is 2.16. The predicted octanol–water partition coefficient (Wildman–Crippen LogP) is 2.92. The van der Waals surface area contributed by atoms with Gasteiger partial charge >= 0.3 is 0 Å². The minimum Gasteiger partial charge on any atom is -0.207 e. The summed E-state index contributed by atoms with van der Waals surface area (Å²) in [5, 5.41) is 0. The maximum absolute atomic E-state index is 12.1. The Morgan fingerprint density at radius 2 is 1.76 bits per heavy atom. The van der Waals surface area contributed by atoms with E-state index in [1.54, 1.807) is 18.2 Å². The highest BCUT2D eigenvalue weighted by molar-refractivity contribution is 9.10. The summed E-state index contributed by atoms with van der Waals surface area (Å²) in [6.45, 7) is -0.0132. The van der Waals surface area contributed by atoms with E-state index >= 15 is 0 Å². The molecule has 0 spiro atoms. The molecule has 0 saturated carbocycles. The topological polar surface area (TPSA) is 80.3 Å². The van der Waals surface area contributed by atoms with Crippen molar-refractivity contribution in [3.8, 4) is 0 Å². The summed E-state index contributed by atoms with van der Waals surface area (Å²) in [5.41, 5.74) is 0. The van der Waals surface area contributed by atoms with Crippen LogP contribution in [0.3, 0.4) is 0 Å². The van der Waals surface area contributed by atoms with E-state index in [1.807, 2.05) is 0 Å². The lowest BCUT2D eigenvalue weighted by Crippen LogP contribution is -2.23. The van der Waals surface area contributed by atoms with Gasteiger partial charge in [0.2, 0.25) is 10.0 Å². The lowest BCUT2D eigenvalue weighted by atomic mass is 10.4. The Hall–Kier alpha value is -0.450. The van der Waals surface area contributed by atoms with Gasteiger partial charge in [-0.3, -0.25) is 0 Å². The minimum atomic E-state index is -3.79. The second-order valence-corrected chi connectivity index (χ2v) is 10.5. The van der Waals surface area contributed by atoms with Gasteiger partial charge in [0, 0.05) is 26.6 Å². The van der Waals surface area contributed by atoms with Crippen molar-refractivity contribution in [2.45, 2.75) is 15.6 Å². The first-order valence-corrected chi connectivity index (χ1v) is 10.9. The maximum atomic E-state index is 12.1. The molecule has 21 heavy (non-hydrogen) atoms. The molecule has 0 saturated heterocycles. The van der Waals surface area contributed by atoms with Gasteiger partial charge in [0.1, 0.15) is 4.21 Å². The third-order valence-electron chi connectivity index (χ3n) is 2.44. The third kappa shape index (κ3) is 4.27. The van der Waals surface area contributed by atoms with Gasteiger partial charge in [-0.05, 0) is 40.2 Å². The van der Waals surface area contributed by atoms with Crippen molar-refractivity contribution < 1.29 is 16.8 Å². The second-order valence-electron chi connectivity index (χ2n) is 3.91. The average molecular weight is 431 g/mol. The summed E-state index contributed by atoms with van der Waals surface area (Å²) < 4.78 is 49.4. The van der Waals surface area contributed by atoms with Crippen molar-refractivity contribution >= 4 is 57.0 Å². The number of nitrogens with one attached hydrogen (secondary N) is 1. The zero-order valence-electron chi connectivity index (χ0n) is 10.3. The van der Waals surface area contributed by atoms with Gasteiger partial charge < -0.3 is 0 Å². The van der Waals surface area contributed by atoms with Gasteiger partial charge in [0.15, 0.2) is 0 Å². The van der Waals surface area contributed by atoms with Crippen LogP contribution in [0.5, 0.6) is 0 Å². The molecule has 1 aromatic carbocycles. The van der Waals surface area contributed by atoms with Crippen LogP contribution in [0.15, 0.2) is 50.0 Å². The largest absolute Gasteiger partial charge is 0.270 e. The average Bonchev–Trinajstić information content (AvgIpc) is 2.85. The second kappa shape index (κ2) is 6.35. The third-order valence-corrected chi connectivity index (χ3v) is 8.03. The van der Waals surface area contributed by atoms with E-state index in [9.17, 15) is 16.8 Å². The van der Waals surface area contributed by atoms with Crippen LogP contribution in [-0.4, -0.2) is 16.8 Å². The van der Waals surface area contributed by atoms with Crippen LogP contribution in [0.1, 0.15) is 4.88 Å². The maximum Gasteiger partial charge on any atom is 0.270 e. The molecule has 0 aliphatic heterocycles. The molecule has 1 aromatic heterocycles. The summed E-state index contributed by atoms with van der Waals surface area (Å²) >= 11 is 4.10. The van der Waals surface area contributed by atoms with E-state index in [4.69, 9.17) is 10.7 Å². The molecule has 0 amide bonds. The summed E-state index contributed by atoms with van der Waals surface area (Å²) in [5.74, 6) is 0. The van der Waals surface area contributed by atoms with Gasteiger partial charge in [-0.1, -0.05) is 12.1 Å². The van der Waals surface area contributed by atoms with E-state index in [-0.39, 0.29) is 15.6 Å². The summed E-state index contributed by atoms with van der Waals surface area (Å²) in [7, 11) is -2.26. The molecule has 0 radical (unpaired) electrons. The molecule has 10 heteroatoms. The van der Waals surface area contributed by atoms with Crippen LogP contribution in [0.4, 0.5) is 0 Å². The Morgan fingerprint density at radius 3 is 2.33 bits per heavy atom. The Kier molecular flexibility index (Phi) is 5.11. The van der Waals surface area contributed by atoms with Crippen LogP contribution in [0.25, 0.3) is 0 Å². The Labute approximate surface area is 139 Å². The highest BCUT2D eigenvalue weighted by Gasteiger charge is 2.18. The molecule has 0 aliphatic carbocycles. The summed E-state index contributed by atoms with van der Waals surface area (Å²) in [6.07, 6.45) is 0. The van der Waals surface area contributed by atoms with Crippen molar-refractivity contribution in [3.63, 3.8) is 0 Å². The first-order valence-electron chi connectivity index (χ1n) is 5.48. The lowest BCUT2D eigenvalue weighted by Gasteiger charge is -2.07. The molecule has 0 aliphatic rings. The number of benzene rings is 1. The first kappa shape index (κ1) is 16.9. The SMILES string of the molecule is O=S(=O)(Cl)c1ccc(CNS(=O)(=O)c2ccccc2Br)s1. The van der Waals surface area contributed by atoms with Crippen LogP contribution >= 0.6 is 37.9 Å². The fraction of sp³-hybridized carbons (Fsp3) is 0.0909. The highest BCUT2D eigenvalue weighted by Crippen LogP contribution is 2.25. The molecule has 2 rings (SSSR count). The van der Waals surface area contributed by atoms with E-state index in [2.05, 4.69) is 20.7 Å². The van der Waals surface area contributed by atoms with E-state index in [0.29, 0.717) is 9.35 Å². The lowest BCUT2D eigenvalue weighted by molar-refractivity contribution is 0.581. The molecule has 1 heterocycles. The van der Waals surface area contributed by atoms with Gasteiger partial charge in [-0.2, -0.15) is 0 Å². The van der Waals surface area contributed by atoms with Crippen LogP contribution in [-0.2, 0) is 25.6 Å². The number of rotatable bonds is 5. The quantitative estimate of drug-likeness (QED) is 0.740. The number of sulfonamides is 1. The number of hydrogen-bond donors (Lipinski definition) is 1. The molecular formula is C11H9BrClNO4S3. The fourth-order valence-electron chi connectivity index (χ4n) is 1.49. The van der Waals surface area contributed by atoms with Crippen molar-refractivity contribution in [1.82, 2.24) is 4.72 Å². The Morgan fingerprint density at radius 1 is 1.10 bits per heavy atom. The number of halogens is 2. The monoisotopic (exact) mass is 429 g/mol. The van der Waals surface area contributed by atoms with E-state index in [1.165, 1.54) is 18.2 Å². The zero-order valence-corrected chi connectivity index (χ0v) is 15.1. The minimum absolute atomic E-state index is 0.0132. The molecule has 5 nitrogen and oxygen atoms in total. The van der Waals surface area contributed by atoms with Gasteiger partial charge in [-0.15, -0.1) is 11.3 Å². The number of thiophene rings is 1. The highest BCUT2D eigenvalue weighted by atomic mass is 79.9. The summed E-state index contributed by atoms with van der Waals surface area (Å²) in [4.78, 5) is 0.664. The summed E-state index contributed by atoms with van der Waals surface area (Å²) in [6, 6.07) is 9.27. The number of hydrogen-bond acceptors (Lipinski definition) is 5. The molecule has 2 aromatic rings. The van der Waals surface area contributed by atoms with Crippen LogP contribution < -0.4 is 4.72 Å². The molecule has 0 unspecified atom stereocenters. The normalized spacial score (nSPS) is 12.5. The van der Waals surface area contributed by atoms with Crippen molar-refractivity contribution in [3.05, 3.63) is 45.7 Å². The van der Waals surface area contributed by atoms with Gasteiger partial charge in [0.05, 0.1) is 4.90 Å². The molecule has 1 N–H and O–H groups in total. The Bertz CT molecular complexity index is 861. The smallest absolute Gasteiger partial charge is 0.207 e. The molecule has 0 bridgehead atoms. The predicted molar refractivity (Wildman–Crippen MR) is 85.5 cm³/mol. The van der Waals surface area contributed by atoms with Gasteiger partial charge in [0.25, 0.3) is 9.05 Å². The van der Waals surface area contributed by atoms with Crippen molar-refractivity contribution in [1.29, 1.82) is 0 Å². The van der Waals surface area contributed by atoms with E-state index in [0.717, 1.165) is 11.3 Å². The molecular weight excluding hydrogens is 422 g/mol. The van der Waals surface area contributed by atoms with Crippen molar-refractivity contribution in [2.75, 3.05) is 0 Å². The zero-order chi connectivity index (χ0) is 15.7. The molecule has 0 fully saturated rings. The standard InChI is InChI=1S/C11H9BrClNO4S3/c12-9-3-1-2-4-10(9)21(17,18)14-7-8-5-6-11(19-8)20(13,15)16/h1-6,14H,7H2. The van der Waals surface area contributed by atoms with Crippen LogP contribution in [0, 0.1) is 0 Å². The first-order chi connectivity index (χ1) is 9.70. The molecule has 0 atom stereocenters. The van der Waals surface area contributed by atoms with E-state index < -0.39 is 19.1 Å². The fourth-order valence-corrected chi connectivity index (χ4v) is 5.65.